The minimum Gasteiger partial charge on any atom is -0.487 e. The summed E-state index contributed by atoms with van der Waals surface area (Å²) < 4.78 is 19.7. The van der Waals surface area contributed by atoms with Gasteiger partial charge >= 0.3 is 0 Å². The summed E-state index contributed by atoms with van der Waals surface area (Å²) >= 11 is 1.64. The fourth-order valence-electron chi connectivity index (χ4n) is 2.47. The molecular formula is C16H24ClFN2O2S. The molecule has 0 saturated heterocycles. The predicted octanol–water partition coefficient (Wildman–Crippen LogP) is 3.59. The number of thioether (sulfide) groups is 1. The van der Waals surface area contributed by atoms with Gasteiger partial charge < -0.3 is 15.8 Å². The molecule has 0 bridgehead atoms. The summed E-state index contributed by atoms with van der Waals surface area (Å²) in [4.78, 5) is 11.9. The number of ether oxygens (including phenoxy) is 1. The Morgan fingerprint density at radius 1 is 1.48 bits per heavy atom. The van der Waals surface area contributed by atoms with E-state index in [0.717, 1.165) is 31.4 Å². The lowest BCUT2D eigenvalue weighted by molar-refractivity contribution is -0.117. The molecule has 1 aliphatic rings. The predicted molar refractivity (Wildman–Crippen MR) is 96.1 cm³/mol. The number of carbonyl (C=O) groups is 1. The molecule has 4 nitrogen and oxygen atoms in total. The Kier molecular flexibility index (Phi) is 8.73. The lowest BCUT2D eigenvalue weighted by Crippen LogP contribution is -2.36. The zero-order chi connectivity index (χ0) is 15.9. The van der Waals surface area contributed by atoms with Crippen LogP contribution in [0.3, 0.4) is 0 Å². The summed E-state index contributed by atoms with van der Waals surface area (Å²) in [5, 5.41) is 2.64. The second-order valence-corrected chi connectivity index (χ2v) is 6.53. The van der Waals surface area contributed by atoms with Gasteiger partial charge in [0.05, 0.1) is 12.1 Å². The summed E-state index contributed by atoms with van der Waals surface area (Å²) in [6.07, 6.45) is 6.88. The molecule has 0 unspecified atom stereocenters. The summed E-state index contributed by atoms with van der Waals surface area (Å²) in [6, 6.07) is 3.91. The maximum atomic E-state index is 14.0. The zero-order valence-electron chi connectivity index (χ0n) is 13.2. The van der Waals surface area contributed by atoms with Crippen LogP contribution in [0, 0.1) is 5.82 Å². The topological polar surface area (TPSA) is 64.4 Å². The SMILES string of the molecule is CSCC[C@H](N)C(=O)Nc1ccc(OC2CCCC2)c(F)c1.Cl. The largest absolute Gasteiger partial charge is 0.487 e. The Labute approximate surface area is 147 Å². The average molecular weight is 363 g/mol. The summed E-state index contributed by atoms with van der Waals surface area (Å²) in [6.45, 7) is 0. The van der Waals surface area contributed by atoms with E-state index in [9.17, 15) is 9.18 Å². The van der Waals surface area contributed by atoms with Crippen LogP contribution >= 0.6 is 24.2 Å². The van der Waals surface area contributed by atoms with Gasteiger partial charge in [0.2, 0.25) is 5.91 Å². The first-order valence-corrected chi connectivity index (χ1v) is 9.01. The van der Waals surface area contributed by atoms with Crippen LogP contribution < -0.4 is 15.8 Å². The van der Waals surface area contributed by atoms with Crippen LogP contribution in [0.25, 0.3) is 0 Å². The molecule has 130 valence electrons. The molecule has 1 atom stereocenters. The fraction of sp³-hybridized carbons (Fsp3) is 0.562. The van der Waals surface area contributed by atoms with E-state index in [-0.39, 0.29) is 30.2 Å². The molecule has 0 aromatic heterocycles. The van der Waals surface area contributed by atoms with Crippen molar-refractivity contribution in [1.29, 1.82) is 0 Å². The highest BCUT2D eigenvalue weighted by molar-refractivity contribution is 7.98. The highest BCUT2D eigenvalue weighted by Gasteiger charge is 2.19. The van der Waals surface area contributed by atoms with Gasteiger partial charge in [-0.15, -0.1) is 12.4 Å². The monoisotopic (exact) mass is 362 g/mol. The fourth-order valence-corrected chi connectivity index (χ4v) is 2.96. The minimum absolute atomic E-state index is 0. The van der Waals surface area contributed by atoms with Crippen LogP contribution in [0.1, 0.15) is 32.1 Å². The number of nitrogens with two attached hydrogens (primary N) is 1. The molecule has 1 aliphatic carbocycles. The van der Waals surface area contributed by atoms with Crippen molar-refractivity contribution in [3.63, 3.8) is 0 Å². The maximum absolute atomic E-state index is 14.0. The third-order valence-electron chi connectivity index (χ3n) is 3.77. The number of amides is 1. The highest BCUT2D eigenvalue weighted by Crippen LogP contribution is 2.27. The molecule has 23 heavy (non-hydrogen) atoms. The Morgan fingerprint density at radius 2 is 2.17 bits per heavy atom. The van der Waals surface area contributed by atoms with E-state index >= 15 is 0 Å². The van der Waals surface area contributed by atoms with Crippen LogP contribution in [-0.2, 0) is 4.79 Å². The lowest BCUT2D eigenvalue weighted by Gasteiger charge is -2.15. The number of benzene rings is 1. The Morgan fingerprint density at radius 3 is 2.78 bits per heavy atom. The molecule has 1 fully saturated rings. The quantitative estimate of drug-likeness (QED) is 0.778. The van der Waals surface area contributed by atoms with E-state index in [1.807, 2.05) is 6.26 Å². The van der Waals surface area contributed by atoms with E-state index in [1.165, 1.54) is 6.07 Å². The van der Waals surface area contributed by atoms with E-state index in [4.69, 9.17) is 10.5 Å². The van der Waals surface area contributed by atoms with Gasteiger partial charge in [0.1, 0.15) is 0 Å². The van der Waals surface area contributed by atoms with E-state index < -0.39 is 11.9 Å². The molecule has 2 rings (SSSR count). The highest BCUT2D eigenvalue weighted by atomic mass is 35.5. The van der Waals surface area contributed by atoms with Crippen molar-refractivity contribution < 1.29 is 13.9 Å². The van der Waals surface area contributed by atoms with Crippen LogP contribution in [0.4, 0.5) is 10.1 Å². The third kappa shape index (κ3) is 6.20. The van der Waals surface area contributed by atoms with Gasteiger partial charge in [0.25, 0.3) is 0 Å². The molecular weight excluding hydrogens is 339 g/mol. The number of hydrogen-bond acceptors (Lipinski definition) is 4. The molecule has 3 N–H and O–H groups in total. The van der Waals surface area contributed by atoms with Gasteiger partial charge in [0.15, 0.2) is 11.6 Å². The van der Waals surface area contributed by atoms with E-state index in [2.05, 4.69) is 5.32 Å². The standard InChI is InChI=1S/C16H23FN2O2S.ClH/c1-22-9-8-14(18)16(20)19-11-6-7-15(13(17)10-11)21-12-4-2-3-5-12;/h6-7,10,12,14H,2-5,8-9,18H2,1H3,(H,19,20);1H/t14-;/m0./s1. The molecule has 1 aromatic carbocycles. The van der Waals surface area contributed by atoms with Crippen LogP contribution in [0.15, 0.2) is 18.2 Å². The van der Waals surface area contributed by atoms with Gasteiger partial charge in [-0.05, 0) is 56.2 Å². The summed E-state index contributed by atoms with van der Waals surface area (Å²) in [7, 11) is 0. The number of halogens is 2. The lowest BCUT2D eigenvalue weighted by atomic mass is 10.2. The third-order valence-corrected chi connectivity index (χ3v) is 4.41. The van der Waals surface area contributed by atoms with Gasteiger partial charge in [-0.1, -0.05) is 0 Å². The van der Waals surface area contributed by atoms with Gasteiger partial charge in [-0.3, -0.25) is 4.79 Å². The average Bonchev–Trinajstić information content (AvgIpc) is 3.00. The van der Waals surface area contributed by atoms with Crippen molar-refractivity contribution >= 4 is 35.8 Å². The Bertz CT molecular complexity index is 513. The summed E-state index contributed by atoms with van der Waals surface area (Å²) in [5.74, 6) is 0.314. The normalized spacial score (nSPS) is 15.8. The van der Waals surface area contributed by atoms with Crippen molar-refractivity contribution in [3.05, 3.63) is 24.0 Å². The molecule has 1 aromatic rings. The van der Waals surface area contributed by atoms with Crippen LogP contribution in [0.2, 0.25) is 0 Å². The first-order chi connectivity index (χ1) is 10.6. The molecule has 7 heteroatoms. The molecule has 0 radical (unpaired) electrons. The zero-order valence-corrected chi connectivity index (χ0v) is 14.9. The molecule has 1 amide bonds. The van der Waals surface area contributed by atoms with E-state index in [0.29, 0.717) is 12.1 Å². The molecule has 0 aliphatic heterocycles. The second kappa shape index (κ2) is 10.0. The Hall–Kier alpha value is -0.980. The Balaban J connectivity index is 0.00000264. The van der Waals surface area contributed by atoms with Crippen molar-refractivity contribution in [2.75, 3.05) is 17.3 Å². The first kappa shape index (κ1) is 20.1. The number of carbonyl (C=O) groups excluding carboxylic acids is 1. The molecule has 0 heterocycles. The van der Waals surface area contributed by atoms with Crippen molar-refractivity contribution in [2.45, 2.75) is 44.2 Å². The van der Waals surface area contributed by atoms with Crippen LogP contribution in [-0.4, -0.2) is 30.1 Å². The van der Waals surface area contributed by atoms with Gasteiger partial charge in [-0.2, -0.15) is 11.8 Å². The number of nitrogens with one attached hydrogen (secondary N) is 1. The van der Waals surface area contributed by atoms with Crippen molar-refractivity contribution in [3.8, 4) is 5.75 Å². The second-order valence-electron chi connectivity index (χ2n) is 5.55. The maximum Gasteiger partial charge on any atom is 0.241 e. The first-order valence-electron chi connectivity index (χ1n) is 7.61. The van der Waals surface area contributed by atoms with Gasteiger partial charge in [0, 0.05) is 11.8 Å². The van der Waals surface area contributed by atoms with E-state index in [1.54, 1.807) is 23.9 Å². The smallest absolute Gasteiger partial charge is 0.241 e. The minimum atomic E-state index is -0.579. The number of anilines is 1. The summed E-state index contributed by atoms with van der Waals surface area (Å²) in [5.41, 5.74) is 6.19. The number of rotatable bonds is 7. The number of hydrogen-bond donors (Lipinski definition) is 2. The van der Waals surface area contributed by atoms with Gasteiger partial charge in [-0.25, -0.2) is 4.39 Å². The van der Waals surface area contributed by atoms with Crippen LogP contribution in [0.5, 0.6) is 5.75 Å². The molecule has 1 saturated carbocycles. The van der Waals surface area contributed by atoms with Crippen molar-refractivity contribution in [2.24, 2.45) is 5.73 Å². The molecule has 0 spiro atoms. The van der Waals surface area contributed by atoms with Crippen molar-refractivity contribution in [1.82, 2.24) is 0 Å².